The molecule has 0 bridgehead atoms. The molecular weight excluding hydrogens is 210 g/mol. The minimum atomic E-state index is -0.342. The molecule has 0 saturated carbocycles. The Bertz CT molecular complexity index is 311. The lowest BCUT2D eigenvalue weighted by Crippen LogP contribution is -2.00. The van der Waals surface area contributed by atoms with Crippen molar-refractivity contribution in [2.24, 2.45) is 0 Å². The van der Waals surface area contributed by atoms with Gasteiger partial charge in [-0.2, -0.15) is 0 Å². The number of thiazole rings is 1. The van der Waals surface area contributed by atoms with Crippen molar-refractivity contribution in [3.8, 4) is 5.19 Å². The molecule has 0 unspecified atom stereocenters. The molecule has 0 radical (unpaired) electrons. The number of aromatic nitrogens is 1. The average molecular weight is 220 g/mol. The predicted molar refractivity (Wildman–Crippen MR) is 52.6 cm³/mol. The number of hydrogen-bond acceptors (Lipinski definition) is 4. The third-order valence-electron chi connectivity index (χ3n) is 1.43. The third kappa shape index (κ3) is 2.97. The van der Waals surface area contributed by atoms with Gasteiger partial charge in [0.1, 0.15) is 0 Å². The topological polar surface area (TPSA) is 39.2 Å². The van der Waals surface area contributed by atoms with E-state index in [1.165, 1.54) is 18.3 Å². The molecule has 1 aromatic heterocycles. The van der Waals surface area contributed by atoms with E-state index in [4.69, 9.17) is 16.3 Å². The molecule has 0 aliphatic rings. The van der Waals surface area contributed by atoms with E-state index in [0.29, 0.717) is 11.1 Å². The molecule has 1 rings (SSSR count). The number of alkyl halides is 1. The van der Waals surface area contributed by atoms with Gasteiger partial charge < -0.3 is 4.74 Å². The van der Waals surface area contributed by atoms with Crippen LogP contribution in [0.3, 0.4) is 0 Å². The Morgan fingerprint density at radius 1 is 1.69 bits per heavy atom. The zero-order valence-corrected chi connectivity index (χ0v) is 9.04. The van der Waals surface area contributed by atoms with Crippen LogP contribution in [0, 0.1) is 6.92 Å². The summed E-state index contributed by atoms with van der Waals surface area (Å²) in [5.74, 6) is 0.217. The molecule has 13 heavy (non-hydrogen) atoms. The summed E-state index contributed by atoms with van der Waals surface area (Å²) >= 11 is 6.97. The van der Waals surface area contributed by atoms with E-state index in [2.05, 4.69) is 4.98 Å². The van der Waals surface area contributed by atoms with Crippen LogP contribution in [0.4, 0.5) is 0 Å². The molecule has 0 N–H and O–H groups in total. The van der Waals surface area contributed by atoms with Gasteiger partial charge in [0.25, 0.3) is 5.19 Å². The molecule has 0 saturated heterocycles. The number of ether oxygens (including phenoxy) is 1. The SMILES string of the molecule is CC(=O)Oc1nc(C)c(CCCl)s1. The Morgan fingerprint density at radius 2 is 2.38 bits per heavy atom. The van der Waals surface area contributed by atoms with Crippen LogP contribution < -0.4 is 4.74 Å². The van der Waals surface area contributed by atoms with Gasteiger partial charge in [-0.1, -0.05) is 11.3 Å². The van der Waals surface area contributed by atoms with E-state index < -0.39 is 0 Å². The van der Waals surface area contributed by atoms with Crippen LogP contribution in [0.25, 0.3) is 0 Å². The van der Waals surface area contributed by atoms with Crippen LogP contribution in [0.5, 0.6) is 5.19 Å². The summed E-state index contributed by atoms with van der Waals surface area (Å²) < 4.78 is 4.85. The number of esters is 1. The van der Waals surface area contributed by atoms with Crippen molar-refractivity contribution in [3.63, 3.8) is 0 Å². The van der Waals surface area contributed by atoms with E-state index in [-0.39, 0.29) is 5.97 Å². The number of rotatable bonds is 3. The van der Waals surface area contributed by atoms with Crippen molar-refractivity contribution >= 4 is 28.9 Å². The quantitative estimate of drug-likeness (QED) is 0.578. The summed E-state index contributed by atoms with van der Waals surface area (Å²) in [5, 5.41) is 0.408. The zero-order chi connectivity index (χ0) is 9.84. The van der Waals surface area contributed by atoms with E-state index in [1.807, 2.05) is 6.92 Å². The first-order valence-electron chi connectivity index (χ1n) is 3.84. The summed E-state index contributed by atoms with van der Waals surface area (Å²) in [6, 6.07) is 0. The average Bonchev–Trinajstić information content (AvgIpc) is 2.31. The van der Waals surface area contributed by atoms with Gasteiger partial charge in [-0.25, -0.2) is 4.98 Å². The number of halogens is 1. The van der Waals surface area contributed by atoms with Crippen LogP contribution in [-0.4, -0.2) is 16.8 Å². The van der Waals surface area contributed by atoms with Gasteiger partial charge in [0.2, 0.25) is 0 Å². The lowest BCUT2D eigenvalue weighted by atomic mass is 10.3. The van der Waals surface area contributed by atoms with Gasteiger partial charge in [-0.05, 0) is 13.3 Å². The molecule has 72 valence electrons. The van der Waals surface area contributed by atoms with Gasteiger partial charge >= 0.3 is 5.97 Å². The maximum Gasteiger partial charge on any atom is 0.309 e. The van der Waals surface area contributed by atoms with Crippen LogP contribution in [-0.2, 0) is 11.2 Å². The molecular formula is C8H10ClNO2S. The highest BCUT2D eigenvalue weighted by molar-refractivity contribution is 7.13. The van der Waals surface area contributed by atoms with Crippen molar-refractivity contribution in [2.45, 2.75) is 20.3 Å². The largest absolute Gasteiger partial charge is 0.398 e. The second-order valence-corrected chi connectivity index (χ2v) is 3.95. The number of aryl methyl sites for hydroxylation is 2. The van der Waals surface area contributed by atoms with Crippen LogP contribution in [0.15, 0.2) is 0 Å². The zero-order valence-electron chi connectivity index (χ0n) is 7.46. The molecule has 0 amide bonds. The summed E-state index contributed by atoms with van der Waals surface area (Å²) in [6.45, 7) is 3.24. The Hall–Kier alpha value is -0.610. The smallest absolute Gasteiger partial charge is 0.309 e. The number of carbonyl (C=O) groups is 1. The third-order valence-corrected chi connectivity index (χ3v) is 2.71. The molecule has 5 heteroatoms. The molecule has 3 nitrogen and oxygen atoms in total. The van der Waals surface area contributed by atoms with E-state index in [0.717, 1.165) is 17.0 Å². The van der Waals surface area contributed by atoms with Gasteiger partial charge in [-0.15, -0.1) is 11.6 Å². The maximum atomic E-state index is 10.6. The minimum absolute atomic E-state index is 0.342. The molecule has 0 aliphatic heterocycles. The van der Waals surface area contributed by atoms with Crippen molar-refractivity contribution in [1.29, 1.82) is 0 Å². The maximum absolute atomic E-state index is 10.6. The Labute approximate surface area is 85.7 Å². The summed E-state index contributed by atoms with van der Waals surface area (Å²) in [4.78, 5) is 15.8. The standard InChI is InChI=1S/C8H10ClNO2S/c1-5-7(3-4-9)13-8(10-5)12-6(2)11/h3-4H2,1-2H3. The van der Waals surface area contributed by atoms with E-state index >= 15 is 0 Å². The molecule has 0 aliphatic carbocycles. The first-order chi connectivity index (χ1) is 6.13. The molecule has 1 aromatic rings. The van der Waals surface area contributed by atoms with Crippen LogP contribution >= 0.6 is 22.9 Å². The van der Waals surface area contributed by atoms with Crippen molar-refractivity contribution in [1.82, 2.24) is 4.98 Å². The van der Waals surface area contributed by atoms with Crippen molar-refractivity contribution in [3.05, 3.63) is 10.6 Å². The molecule has 0 atom stereocenters. The summed E-state index contributed by atoms with van der Waals surface area (Å²) in [5.41, 5.74) is 0.891. The highest BCUT2D eigenvalue weighted by Crippen LogP contribution is 2.25. The second kappa shape index (κ2) is 4.58. The first kappa shape index (κ1) is 10.5. The fourth-order valence-electron chi connectivity index (χ4n) is 0.886. The van der Waals surface area contributed by atoms with Crippen LogP contribution in [0.2, 0.25) is 0 Å². The number of carbonyl (C=O) groups excluding carboxylic acids is 1. The van der Waals surface area contributed by atoms with Gasteiger partial charge in [-0.3, -0.25) is 4.79 Å². The highest BCUT2D eigenvalue weighted by Gasteiger charge is 2.09. The van der Waals surface area contributed by atoms with Gasteiger partial charge in [0.05, 0.1) is 5.69 Å². The Morgan fingerprint density at radius 3 is 2.92 bits per heavy atom. The molecule has 0 aromatic carbocycles. The fourth-order valence-corrected chi connectivity index (χ4v) is 2.14. The Balaban J connectivity index is 2.76. The van der Waals surface area contributed by atoms with Crippen molar-refractivity contribution < 1.29 is 9.53 Å². The molecule has 0 fully saturated rings. The van der Waals surface area contributed by atoms with E-state index in [9.17, 15) is 4.79 Å². The normalized spacial score (nSPS) is 10.1. The highest BCUT2D eigenvalue weighted by atomic mass is 35.5. The minimum Gasteiger partial charge on any atom is -0.398 e. The first-order valence-corrected chi connectivity index (χ1v) is 5.19. The summed E-state index contributed by atoms with van der Waals surface area (Å²) in [6.07, 6.45) is 0.770. The lowest BCUT2D eigenvalue weighted by Gasteiger charge is -1.91. The van der Waals surface area contributed by atoms with Gasteiger partial charge in [0.15, 0.2) is 0 Å². The fraction of sp³-hybridized carbons (Fsp3) is 0.500. The number of hydrogen-bond donors (Lipinski definition) is 0. The molecule has 1 heterocycles. The second-order valence-electron chi connectivity index (χ2n) is 2.52. The van der Waals surface area contributed by atoms with Crippen LogP contribution in [0.1, 0.15) is 17.5 Å². The summed E-state index contributed by atoms with van der Waals surface area (Å²) in [7, 11) is 0. The monoisotopic (exact) mass is 219 g/mol. The van der Waals surface area contributed by atoms with Gasteiger partial charge in [0, 0.05) is 17.7 Å². The predicted octanol–water partition coefficient (Wildman–Crippen LogP) is 2.16. The number of nitrogens with zero attached hydrogens (tertiary/aromatic N) is 1. The lowest BCUT2D eigenvalue weighted by molar-refractivity contribution is -0.131. The van der Waals surface area contributed by atoms with Crippen molar-refractivity contribution in [2.75, 3.05) is 5.88 Å². The Kier molecular flexibility index (Phi) is 3.69. The molecule has 0 spiro atoms. The van der Waals surface area contributed by atoms with E-state index in [1.54, 1.807) is 0 Å².